The van der Waals surface area contributed by atoms with Gasteiger partial charge in [-0.3, -0.25) is 9.36 Å². The van der Waals surface area contributed by atoms with Crippen molar-refractivity contribution in [1.29, 1.82) is 0 Å². The van der Waals surface area contributed by atoms with Crippen LogP contribution in [-0.4, -0.2) is 42.2 Å². The number of benzene rings is 2. The molecule has 0 bridgehead atoms. The van der Waals surface area contributed by atoms with Gasteiger partial charge >= 0.3 is 0 Å². The van der Waals surface area contributed by atoms with Crippen molar-refractivity contribution in [3.8, 4) is 21.9 Å². The Kier molecular flexibility index (Phi) is 14.2. The second-order valence-electron chi connectivity index (χ2n) is 7.83. The monoisotopic (exact) mass is 528 g/mol. The van der Waals surface area contributed by atoms with Gasteiger partial charge in [0.1, 0.15) is 22.6 Å². The molecule has 6 nitrogen and oxygen atoms in total. The minimum Gasteiger partial charge on any atom is -0.495 e. The third-order valence-electron chi connectivity index (χ3n) is 5.02. The van der Waals surface area contributed by atoms with Crippen molar-refractivity contribution in [1.82, 2.24) is 14.5 Å². The van der Waals surface area contributed by atoms with Crippen LogP contribution in [-0.2, 0) is 0 Å². The highest BCUT2D eigenvalue weighted by Gasteiger charge is 2.12. The summed E-state index contributed by atoms with van der Waals surface area (Å²) in [5.74, 6) is 0.195. The van der Waals surface area contributed by atoms with Crippen molar-refractivity contribution in [2.75, 3.05) is 33.5 Å². The number of methoxy groups -OCH3 is 1. The number of ether oxygens (including phenoxy) is 1. The summed E-state index contributed by atoms with van der Waals surface area (Å²) in [6, 6.07) is 13.1. The number of thiophene rings is 1. The molecule has 0 aliphatic carbocycles. The maximum absolute atomic E-state index is 13.1. The molecule has 0 fully saturated rings. The molecule has 0 saturated carbocycles. The summed E-state index contributed by atoms with van der Waals surface area (Å²) >= 11 is 1.33. The summed E-state index contributed by atoms with van der Waals surface area (Å²) < 4.78 is 20.3. The highest BCUT2D eigenvalue weighted by atomic mass is 32.1. The summed E-state index contributed by atoms with van der Waals surface area (Å²) in [5, 5.41) is 0. The number of unbranched alkanes of at least 4 members (excludes halogenated alkanes) is 1. The SMILES string of the molecule is CC.CC.CCCCN(C)C.COc1cc(-n2cnc3cc(-c4ccc(F)cc4)sc3c2=O)ccc1N. The average Bonchev–Trinajstić information content (AvgIpc) is 3.37. The van der Waals surface area contributed by atoms with Gasteiger partial charge in [-0.1, -0.05) is 53.2 Å². The summed E-state index contributed by atoms with van der Waals surface area (Å²) in [6.07, 6.45) is 4.11. The molecule has 2 aromatic carbocycles. The van der Waals surface area contributed by atoms with E-state index < -0.39 is 0 Å². The van der Waals surface area contributed by atoms with Crippen LogP contribution in [0.15, 0.2) is 59.7 Å². The minimum atomic E-state index is -0.298. The van der Waals surface area contributed by atoms with Gasteiger partial charge < -0.3 is 15.4 Å². The summed E-state index contributed by atoms with van der Waals surface area (Å²) in [5.41, 5.74) is 8.21. The van der Waals surface area contributed by atoms with E-state index >= 15 is 0 Å². The van der Waals surface area contributed by atoms with Gasteiger partial charge in [-0.2, -0.15) is 0 Å². The molecule has 2 N–H and O–H groups in total. The molecule has 0 unspecified atom stereocenters. The molecule has 0 spiro atoms. The second-order valence-corrected chi connectivity index (χ2v) is 8.89. The van der Waals surface area contributed by atoms with Crippen molar-refractivity contribution in [2.24, 2.45) is 0 Å². The predicted molar refractivity (Wildman–Crippen MR) is 158 cm³/mol. The van der Waals surface area contributed by atoms with Gasteiger partial charge in [0.05, 0.1) is 24.0 Å². The molecule has 8 heteroatoms. The van der Waals surface area contributed by atoms with Crippen LogP contribution in [0.4, 0.5) is 10.1 Å². The number of nitrogen functional groups attached to an aromatic ring is 1. The van der Waals surface area contributed by atoms with Crippen molar-refractivity contribution in [3.05, 3.63) is 71.0 Å². The first-order valence-electron chi connectivity index (χ1n) is 12.7. The van der Waals surface area contributed by atoms with Gasteiger partial charge in [-0.25, -0.2) is 9.37 Å². The van der Waals surface area contributed by atoms with Crippen molar-refractivity contribution >= 4 is 27.2 Å². The lowest BCUT2D eigenvalue weighted by atomic mass is 10.2. The van der Waals surface area contributed by atoms with Gasteiger partial charge in [0.25, 0.3) is 5.56 Å². The van der Waals surface area contributed by atoms with E-state index in [1.54, 1.807) is 30.3 Å². The Bertz CT molecular complexity index is 1270. The number of fused-ring (bicyclic) bond motifs is 1. The number of halogens is 1. The van der Waals surface area contributed by atoms with Crippen LogP contribution < -0.4 is 16.0 Å². The smallest absolute Gasteiger partial charge is 0.275 e. The Balaban J connectivity index is 0.000000535. The largest absolute Gasteiger partial charge is 0.495 e. The Morgan fingerprint density at radius 2 is 1.70 bits per heavy atom. The fourth-order valence-corrected chi connectivity index (χ4v) is 4.22. The molecule has 0 amide bonds. The molecule has 0 aliphatic heterocycles. The van der Waals surface area contributed by atoms with Gasteiger partial charge in [0.2, 0.25) is 0 Å². The highest BCUT2D eigenvalue weighted by Crippen LogP contribution is 2.31. The third-order valence-corrected chi connectivity index (χ3v) is 6.18. The Morgan fingerprint density at radius 3 is 2.24 bits per heavy atom. The Morgan fingerprint density at radius 1 is 1.05 bits per heavy atom. The van der Waals surface area contributed by atoms with Crippen molar-refractivity contribution < 1.29 is 9.13 Å². The minimum absolute atomic E-state index is 0.180. The first kappa shape index (κ1) is 31.8. The summed E-state index contributed by atoms with van der Waals surface area (Å²) in [4.78, 5) is 20.4. The fraction of sp³-hybridized carbons (Fsp3) is 0.379. The topological polar surface area (TPSA) is 73.4 Å². The quantitative estimate of drug-likeness (QED) is 0.267. The standard InChI is InChI=1S/C19H14FN3O2S.C6H15N.2C2H6/c1-25-16-8-13(6-7-14(16)21)23-10-22-15-9-17(26-18(15)19(23)24)11-2-4-12(20)5-3-11;1-4-5-6-7(2)3;2*1-2/h2-10H,21H2,1H3;4-6H2,1-3H3;2*1-2H3. The number of aromatic nitrogens is 2. The van der Waals surface area contributed by atoms with E-state index in [0.717, 1.165) is 10.4 Å². The second kappa shape index (κ2) is 16.5. The molecule has 37 heavy (non-hydrogen) atoms. The molecule has 0 aliphatic rings. The zero-order valence-electron chi connectivity index (χ0n) is 23.3. The Hall–Kier alpha value is -3.23. The van der Waals surface area contributed by atoms with Gasteiger partial charge in [0.15, 0.2) is 0 Å². The summed E-state index contributed by atoms with van der Waals surface area (Å²) in [6.45, 7) is 11.4. The molecule has 4 aromatic rings. The van der Waals surface area contributed by atoms with Crippen molar-refractivity contribution in [2.45, 2.75) is 47.5 Å². The number of nitrogens with zero attached hydrogens (tertiary/aromatic N) is 3. The lowest BCUT2D eigenvalue weighted by molar-refractivity contribution is 0.398. The molecule has 2 aromatic heterocycles. The normalized spacial score (nSPS) is 10.0. The van der Waals surface area contributed by atoms with Gasteiger partial charge in [-0.15, -0.1) is 11.3 Å². The molecule has 0 saturated heterocycles. The number of hydrogen-bond donors (Lipinski definition) is 1. The first-order valence-corrected chi connectivity index (χ1v) is 13.5. The number of rotatable bonds is 6. The third kappa shape index (κ3) is 8.98. The van der Waals surface area contributed by atoms with Crippen LogP contribution in [0.2, 0.25) is 0 Å². The number of hydrogen-bond acceptors (Lipinski definition) is 6. The Labute approximate surface area is 224 Å². The molecule has 2 heterocycles. The molecular formula is C29H41FN4O2S. The molecule has 0 atom stereocenters. The average molecular weight is 529 g/mol. The van der Waals surface area contributed by atoms with Crippen LogP contribution in [0.25, 0.3) is 26.3 Å². The molecule has 4 rings (SSSR count). The van der Waals surface area contributed by atoms with E-state index in [2.05, 4.69) is 30.9 Å². The van der Waals surface area contributed by atoms with Crippen molar-refractivity contribution in [3.63, 3.8) is 0 Å². The number of anilines is 1. The lowest BCUT2D eigenvalue weighted by Crippen LogP contribution is -2.17. The zero-order valence-corrected chi connectivity index (χ0v) is 24.2. The van der Waals surface area contributed by atoms with Gasteiger partial charge in [0, 0.05) is 10.9 Å². The van der Waals surface area contributed by atoms with E-state index in [9.17, 15) is 9.18 Å². The van der Waals surface area contributed by atoms with Crippen LogP contribution in [0.5, 0.6) is 5.75 Å². The first-order chi connectivity index (χ1) is 17.8. The van der Waals surface area contributed by atoms with Crippen LogP contribution >= 0.6 is 11.3 Å². The summed E-state index contributed by atoms with van der Waals surface area (Å²) in [7, 11) is 5.74. The maximum Gasteiger partial charge on any atom is 0.275 e. The predicted octanol–water partition coefficient (Wildman–Crippen LogP) is 7.24. The highest BCUT2D eigenvalue weighted by molar-refractivity contribution is 7.22. The van der Waals surface area contributed by atoms with E-state index in [1.165, 1.54) is 60.9 Å². The van der Waals surface area contributed by atoms with E-state index in [1.807, 2.05) is 33.8 Å². The van der Waals surface area contributed by atoms with Crippen LogP contribution in [0, 0.1) is 5.82 Å². The molecule has 0 radical (unpaired) electrons. The fourth-order valence-electron chi connectivity index (χ4n) is 3.18. The zero-order chi connectivity index (χ0) is 28.0. The van der Waals surface area contributed by atoms with Gasteiger partial charge in [-0.05, 0) is 63.0 Å². The molecular weight excluding hydrogens is 487 g/mol. The van der Waals surface area contributed by atoms with Crippen LogP contribution in [0.1, 0.15) is 47.5 Å². The van der Waals surface area contributed by atoms with E-state index in [-0.39, 0.29) is 11.4 Å². The van der Waals surface area contributed by atoms with Crippen LogP contribution in [0.3, 0.4) is 0 Å². The van der Waals surface area contributed by atoms with E-state index in [0.29, 0.717) is 27.3 Å². The molecule has 202 valence electrons. The maximum atomic E-state index is 13.1. The van der Waals surface area contributed by atoms with E-state index in [4.69, 9.17) is 10.5 Å². The lowest BCUT2D eigenvalue weighted by Gasteiger charge is -2.09. The number of nitrogens with two attached hydrogens (primary N) is 1.